The van der Waals surface area contributed by atoms with Crippen molar-refractivity contribution in [3.05, 3.63) is 39.9 Å². The summed E-state index contributed by atoms with van der Waals surface area (Å²) in [5.74, 6) is 0. The fourth-order valence-electron chi connectivity index (χ4n) is 1.19. The van der Waals surface area contributed by atoms with Gasteiger partial charge in [0.2, 0.25) is 0 Å². The molecule has 0 saturated carbocycles. The summed E-state index contributed by atoms with van der Waals surface area (Å²) >= 11 is 0. The number of nitrogens with two attached hydrogens (primary N) is 1. The molecule has 1 amide bonds. The molecular weight excluding hydrogens is 226 g/mol. The van der Waals surface area contributed by atoms with Crippen LogP contribution in [0.4, 0.5) is 10.5 Å². The smallest absolute Gasteiger partial charge is 0.404 e. The first-order chi connectivity index (χ1) is 8.09. The van der Waals surface area contributed by atoms with Gasteiger partial charge < -0.3 is 15.8 Å². The Morgan fingerprint density at radius 1 is 1.41 bits per heavy atom. The van der Waals surface area contributed by atoms with Crippen molar-refractivity contribution in [3.63, 3.8) is 0 Å². The highest BCUT2D eigenvalue weighted by atomic mass is 16.6. The number of nitro groups is 1. The number of rotatable bonds is 6. The van der Waals surface area contributed by atoms with E-state index in [1.165, 1.54) is 12.1 Å². The average Bonchev–Trinajstić information content (AvgIpc) is 2.29. The Kier molecular flexibility index (Phi) is 4.89. The zero-order valence-electron chi connectivity index (χ0n) is 9.09. The highest BCUT2D eigenvalue weighted by molar-refractivity contribution is 5.64. The van der Waals surface area contributed by atoms with Gasteiger partial charge in [-0.2, -0.15) is 0 Å². The van der Waals surface area contributed by atoms with E-state index in [0.29, 0.717) is 13.1 Å². The molecule has 0 fully saturated rings. The Bertz CT molecular complexity index is 391. The first kappa shape index (κ1) is 12.9. The number of hydrogen-bond acceptors (Lipinski definition) is 5. The van der Waals surface area contributed by atoms with Gasteiger partial charge in [0.1, 0.15) is 6.61 Å². The minimum absolute atomic E-state index is 0.0609. The van der Waals surface area contributed by atoms with Crippen molar-refractivity contribution in [2.75, 3.05) is 13.2 Å². The van der Waals surface area contributed by atoms with Crippen LogP contribution in [-0.2, 0) is 11.3 Å². The third-order valence-corrected chi connectivity index (χ3v) is 2.00. The highest BCUT2D eigenvalue weighted by Crippen LogP contribution is 2.11. The van der Waals surface area contributed by atoms with Gasteiger partial charge >= 0.3 is 6.09 Å². The summed E-state index contributed by atoms with van der Waals surface area (Å²) in [5, 5.41) is 13.4. The normalized spacial score (nSPS) is 9.88. The lowest BCUT2D eigenvalue weighted by Gasteiger charge is -2.04. The molecule has 1 aromatic rings. The van der Waals surface area contributed by atoms with E-state index in [1.54, 1.807) is 12.1 Å². The molecule has 0 aliphatic rings. The minimum Gasteiger partial charge on any atom is -0.448 e. The summed E-state index contributed by atoms with van der Waals surface area (Å²) < 4.78 is 4.52. The molecule has 0 saturated heterocycles. The molecule has 3 N–H and O–H groups in total. The molecule has 1 aromatic carbocycles. The van der Waals surface area contributed by atoms with Gasteiger partial charge in [0.05, 0.1) is 4.92 Å². The van der Waals surface area contributed by atoms with Gasteiger partial charge in [0.15, 0.2) is 0 Å². The summed E-state index contributed by atoms with van der Waals surface area (Å²) in [7, 11) is 0. The van der Waals surface area contributed by atoms with Crippen molar-refractivity contribution in [2.45, 2.75) is 6.54 Å². The van der Waals surface area contributed by atoms with Gasteiger partial charge in [-0.05, 0) is 5.56 Å². The van der Waals surface area contributed by atoms with Gasteiger partial charge in [0.25, 0.3) is 5.69 Å². The molecule has 0 bridgehead atoms. The number of carbonyl (C=O) groups excluding carboxylic acids is 1. The van der Waals surface area contributed by atoms with E-state index in [1.807, 2.05) is 0 Å². The lowest BCUT2D eigenvalue weighted by atomic mass is 10.2. The van der Waals surface area contributed by atoms with Crippen molar-refractivity contribution in [1.82, 2.24) is 5.32 Å². The fourth-order valence-corrected chi connectivity index (χ4v) is 1.19. The van der Waals surface area contributed by atoms with Gasteiger partial charge in [-0.15, -0.1) is 0 Å². The van der Waals surface area contributed by atoms with Crippen LogP contribution in [0.2, 0.25) is 0 Å². The molecule has 7 heteroatoms. The van der Waals surface area contributed by atoms with E-state index < -0.39 is 11.0 Å². The largest absolute Gasteiger partial charge is 0.448 e. The predicted octanol–water partition coefficient (Wildman–Crippen LogP) is 0.780. The molecule has 17 heavy (non-hydrogen) atoms. The second-order valence-electron chi connectivity index (χ2n) is 3.27. The number of hydrogen-bond donors (Lipinski definition) is 2. The van der Waals surface area contributed by atoms with E-state index in [9.17, 15) is 14.9 Å². The third kappa shape index (κ3) is 4.94. The Hall–Kier alpha value is -2.15. The van der Waals surface area contributed by atoms with Crippen LogP contribution < -0.4 is 11.1 Å². The molecule has 1 rings (SSSR count). The summed E-state index contributed by atoms with van der Waals surface area (Å²) in [4.78, 5) is 20.2. The Labute approximate surface area is 97.7 Å². The van der Waals surface area contributed by atoms with Crippen LogP contribution >= 0.6 is 0 Å². The maximum Gasteiger partial charge on any atom is 0.404 e. The predicted molar refractivity (Wildman–Crippen MR) is 60.3 cm³/mol. The maximum absolute atomic E-state index is 10.4. The van der Waals surface area contributed by atoms with Crippen LogP contribution in [0.5, 0.6) is 0 Å². The average molecular weight is 239 g/mol. The molecule has 0 aliphatic heterocycles. The summed E-state index contributed by atoms with van der Waals surface area (Å²) in [6.45, 7) is 1.21. The molecule has 0 aromatic heterocycles. The standard InChI is InChI=1S/C10H13N3O4/c11-10(14)17-6-5-12-7-8-1-3-9(4-2-8)13(15)16/h1-4,12H,5-7H2,(H2,11,14). The summed E-state index contributed by atoms with van der Waals surface area (Å²) in [6.07, 6.45) is -0.804. The number of primary amides is 1. The van der Waals surface area contributed by atoms with Crippen molar-refractivity contribution < 1.29 is 14.5 Å². The Morgan fingerprint density at radius 2 is 2.06 bits per heavy atom. The van der Waals surface area contributed by atoms with Crippen LogP contribution in [0.25, 0.3) is 0 Å². The van der Waals surface area contributed by atoms with Crippen LogP contribution in [0.1, 0.15) is 5.56 Å². The lowest BCUT2D eigenvalue weighted by molar-refractivity contribution is -0.384. The highest BCUT2D eigenvalue weighted by Gasteiger charge is 2.03. The number of non-ortho nitro benzene ring substituents is 1. The zero-order valence-corrected chi connectivity index (χ0v) is 9.09. The first-order valence-electron chi connectivity index (χ1n) is 4.96. The molecule has 0 unspecified atom stereocenters. The lowest BCUT2D eigenvalue weighted by Crippen LogP contribution is -2.23. The summed E-state index contributed by atoms with van der Waals surface area (Å²) in [6, 6.07) is 6.22. The van der Waals surface area contributed by atoms with E-state index in [4.69, 9.17) is 5.73 Å². The molecular formula is C10H13N3O4. The second-order valence-corrected chi connectivity index (χ2v) is 3.27. The molecule has 0 aliphatic carbocycles. The first-order valence-corrected chi connectivity index (χ1v) is 4.96. The molecule has 92 valence electrons. The second kappa shape index (κ2) is 6.44. The van der Waals surface area contributed by atoms with Gasteiger partial charge in [-0.1, -0.05) is 12.1 Å². The minimum atomic E-state index is -0.804. The van der Waals surface area contributed by atoms with E-state index in [0.717, 1.165) is 5.56 Å². The van der Waals surface area contributed by atoms with Gasteiger partial charge in [0, 0.05) is 25.2 Å². The van der Waals surface area contributed by atoms with Crippen molar-refractivity contribution >= 4 is 11.8 Å². The molecule has 0 heterocycles. The van der Waals surface area contributed by atoms with E-state index in [2.05, 4.69) is 10.1 Å². The number of benzene rings is 1. The van der Waals surface area contributed by atoms with Crippen LogP contribution in [0, 0.1) is 10.1 Å². The van der Waals surface area contributed by atoms with Crippen LogP contribution in [-0.4, -0.2) is 24.2 Å². The summed E-state index contributed by atoms with van der Waals surface area (Å²) in [5.41, 5.74) is 5.75. The topological polar surface area (TPSA) is 107 Å². The number of amides is 1. The zero-order chi connectivity index (χ0) is 12.7. The van der Waals surface area contributed by atoms with Crippen molar-refractivity contribution in [2.24, 2.45) is 5.73 Å². The third-order valence-electron chi connectivity index (χ3n) is 2.00. The monoisotopic (exact) mass is 239 g/mol. The fraction of sp³-hybridized carbons (Fsp3) is 0.300. The van der Waals surface area contributed by atoms with Crippen molar-refractivity contribution in [1.29, 1.82) is 0 Å². The maximum atomic E-state index is 10.4. The molecule has 0 radical (unpaired) electrons. The van der Waals surface area contributed by atoms with Crippen LogP contribution in [0.15, 0.2) is 24.3 Å². The van der Waals surface area contributed by atoms with E-state index >= 15 is 0 Å². The molecule has 0 atom stereocenters. The SMILES string of the molecule is NC(=O)OCCNCc1ccc([N+](=O)[O-])cc1. The van der Waals surface area contributed by atoms with Crippen LogP contribution in [0.3, 0.4) is 0 Å². The van der Waals surface area contributed by atoms with E-state index in [-0.39, 0.29) is 12.3 Å². The number of nitrogens with one attached hydrogen (secondary N) is 1. The number of ether oxygens (including phenoxy) is 1. The van der Waals surface area contributed by atoms with Gasteiger partial charge in [-0.25, -0.2) is 4.79 Å². The number of carbonyl (C=O) groups is 1. The molecule has 0 spiro atoms. The van der Waals surface area contributed by atoms with Crippen molar-refractivity contribution in [3.8, 4) is 0 Å². The Balaban J connectivity index is 2.27. The van der Waals surface area contributed by atoms with Gasteiger partial charge in [-0.3, -0.25) is 10.1 Å². The number of nitro benzene ring substituents is 1. The molecule has 7 nitrogen and oxygen atoms in total. The Morgan fingerprint density at radius 3 is 2.59 bits per heavy atom. The number of nitrogens with zero attached hydrogens (tertiary/aromatic N) is 1. The quantitative estimate of drug-likeness (QED) is 0.433.